The summed E-state index contributed by atoms with van der Waals surface area (Å²) in [6.07, 6.45) is 0.991. The molecule has 3 nitrogen and oxygen atoms in total. The molecule has 2 N–H and O–H groups in total. The van der Waals surface area contributed by atoms with Gasteiger partial charge in [-0.2, -0.15) is 0 Å². The van der Waals surface area contributed by atoms with Crippen molar-refractivity contribution in [1.82, 2.24) is 9.55 Å². The number of aromatic nitrogens is 2. The Morgan fingerprint density at radius 1 is 1.50 bits per heavy atom. The first kappa shape index (κ1) is 11.4. The summed E-state index contributed by atoms with van der Waals surface area (Å²) in [5.41, 5.74) is 7.69. The second-order valence-corrected chi connectivity index (χ2v) is 4.38. The van der Waals surface area contributed by atoms with Gasteiger partial charge >= 0.3 is 0 Å². The van der Waals surface area contributed by atoms with E-state index < -0.39 is 0 Å². The Bertz CT molecular complexity index is 500. The van der Waals surface area contributed by atoms with Gasteiger partial charge in [0.15, 0.2) is 0 Å². The number of rotatable bonds is 3. The van der Waals surface area contributed by atoms with E-state index in [1.165, 1.54) is 0 Å². The van der Waals surface area contributed by atoms with Gasteiger partial charge in [-0.15, -0.1) is 0 Å². The maximum atomic E-state index is 6.17. The van der Waals surface area contributed by atoms with Crippen LogP contribution in [0.15, 0.2) is 18.2 Å². The van der Waals surface area contributed by atoms with Crippen LogP contribution in [-0.4, -0.2) is 16.1 Å². The quantitative estimate of drug-likeness (QED) is 0.892. The molecule has 4 heteroatoms. The third kappa shape index (κ3) is 1.70. The molecular formula is C12H16ClN3. The Hall–Kier alpha value is -1.06. The largest absolute Gasteiger partial charge is 0.330 e. The molecule has 1 unspecified atom stereocenters. The lowest BCUT2D eigenvalue weighted by atomic mass is 10.1. The summed E-state index contributed by atoms with van der Waals surface area (Å²) in [7, 11) is 1.99. The zero-order valence-corrected chi connectivity index (χ0v) is 10.3. The van der Waals surface area contributed by atoms with Crippen molar-refractivity contribution in [2.45, 2.75) is 19.3 Å². The lowest BCUT2D eigenvalue weighted by Gasteiger charge is -2.11. The van der Waals surface area contributed by atoms with Crippen molar-refractivity contribution >= 4 is 22.6 Å². The summed E-state index contributed by atoms with van der Waals surface area (Å²) in [5, 5.41) is 0.741. The van der Waals surface area contributed by atoms with E-state index in [9.17, 15) is 0 Å². The fourth-order valence-electron chi connectivity index (χ4n) is 2.06. The van der Waals surface area contributed by atoms with Gasteiger partial charge in [0.1, 0.15) is 5.82 Å². The Morgan fingerprint density at radius 2 is 2.25 bits per heavy atom. The van der Waals surface area contributed by atoms with Crippen LogP contribution < -0.4 is 5.73 Å². The van der Waals surface area contributed by atoms with Crippen LogP contribution >= 0.6 is 11.6 Å². The summed E-state index contributed by atoms with van der Waals surface area (Å²) in [5.74, 6) is 1.32. The minimum atomic E-state index is 0.300. The molecule has 0 spiro atoms. The first-order chi connectivity index (χ1) is 7.69. The number of fused-ring (bicyclic) bond motifs is 1. The molecule has 1 heterocycles. The van der Waals surface area contributed by atoms with Crippen molar-refractivity contribution in [1.29, 1.82) is 0 Å². The number of nitrogens with two attached hydrogens (primary N) is 1. The first-order valence-electron chi connectivity index (χ1n) is 5.50. The fraction of sp³-hybridized carbons (Fsp3) is 0.417. The van der Waals surface area contributed by atoms with Gasteiger partial charge in [0.2, 0.25) is 0 Å². The van der Waals surface area contributed by atoms with E-state index >= 15 is 0 Å². The Labute approximate surface area is 100 Å². The highest BCUT2D eigenvalue weighted by atomic mass is 35.5. The Balaban J connectivity index is 2.64. The molecule has 0 saturated heterocycles. The summed E-state index contributed by atoms with van der Waals surface area (Å²) >= 11 is 6.17. The third-order valence-electron chi connectivity index (χ3n) is 3.02. The average molecular weight is 238 g/mol. The second kappa shape index (κ2) is 4.44. The molecule has 1 atom stereocenters. The highest BCUT2D eigenvalue weighted by Crippen LogP contribution is 2.27. The van der Waals surface area contributed by atoms with Gasteiger partial charge in [0.25, 0.3) is 0 Å². The molecule has 2 rings (SSSR count). The number of hydrogen-bond acceptors (Lipinski definition) is 2. The molecule has 16 heavy (non-hydrogen) atoms. The van der Waals surface area contributed by atoms with Crippen molar-refractivity contribution < 1.29 is 0 Å². The van der Waals surface area contributed by atoms with E-state index in [-0.39, 0.29) is 0 Å². The van der Waals surface area contributed by atoms with Crippen LogP contribution in [0, 0.1) is 0 Å². The zero-order valence-electron chi connectivity index (χ0n) is 9.57. The summed E-state index contributed by atoms with van der Waals surface area (Å²) in [6.45, 7) is 2.74. The molecule has 0 radical (unpaired) electrons. The molecule has 0 aliphatic heterocycles. The highest BCUT2D eigenvalue weighted by Gasteiger charge is 2.16. The minimum Gasteiger partial charge on any atom is -0.330 e. The molecule has 0 aliphatic carbocycles. The van der Waals surface area contributed by atoms with Gasteiger partial charge in [-0.3, -0.25) is 0 Å². The fourth-order valence-corrected chi connectivity index (χ4v) is 2.36. The number of halogens is 1. The van der Waals surface area contributed by atoms with Gasteiger partial charge in [-0.05, 0) is 18.6 Å². The van der Waals surface area contributed by atoms with Crippen LogP contribution in [0.3, 0.4) is 0 Å². The zero-order chi connectivity index (χ0) is 11.7. The first-order valence-corrected chi connectivity index (χ1v) is 5.87. The lowest BCUT2D eigenvalue weighted by Crippen LogP contribution is -2.15. The van der Waals surface area contributed by atoms with E-state index in [0.29, 0.717) is 12.5 Å². The predicted octanol–water partition coefficient (Wildman–Crippen LogP) is 2.68. The molecular weight excluding hydrogens is 222 g/mol. The van der Waals surface area contributed by atoms with Crippen LogP contribution in [0.5, 0.6) is 0 Å². The van der Waals surface area contributed by atoms with Crippen molar-refractivity contribution in [3.63, 3.8) is 0 Å². The van der Waals surface area contributed by atoms with Gasteiger partial charge in [0, 0.05) is 19.5 Å². The number of benzene rings is 1. The number of imidazole rings is 1. The van der Waals surface area contributed by atoms with Gasteiger partial charge in [-0.1, -0.05) is 24.6 Å². The van der Waals surface area contributed by atoms with Gasteiger partial charge in [0.05, 0.1) is 16.1 Å². The van der Waals surface area contributed by atoms with E-state index in [2.05, 4.69) is 16.5 Å². The predicted molar refractivity (Wildman–Crippen MR) is 67.8 cm³/mol. The summed E-state index contributed by atoms with van der Waals surface area (Å²) in [6, 6.07) is 5.79. The maximum absolute atomic E-state index is 6.17. The van der Waals surface area contributed by atoms with E-state index in [1.54, 1.807) is 0 Å². The van der Waals surface area contributed by atoms with Crippen LogP contribution in [0.4, 0.5) is 0 Å². The third-order valence-corrected chi connectivity index (χ3v) is 3.33. The maximum Gasteiger partial charge on any atom is 0.114 e. The summed E-state index contributed by atoms with van der Waals surface area (Å²) in [4.78, 5) is 4.61. The van der Waals surface area contributed by atoms with Crippen LogP contribution in [0.1, 0.15) is 25.1 Å². The molecule has 0 saturated carbocycles. The number of hydrogen-bond donors (Lipinski definition) is 1. The van der Waals surface area contributed by atoms with Gasteiger partial charge < -0.3 is 10.3 Å². The molecule has 0 fully saturated rings. The lowest BCUT2D eigenvalue weighted by molar-refractivity contribution is 0.608. The Morgan fingerprint density at radius 3 is 2.81 bits per heavy atom. The molecule has 1 aromatic carbocycles. The normalized spacial score (nSPS) is 13.2. The van der Waals surface area contributed by atoms with E-state index in [0.717, 1.165) is 28.3 Å². The molecule has 0 aliphatic rings. The van der Waals surface area contributed by atoms with Crippen LogP contribution in [-0.2, 0) is 7.05 Å². The van der Waals surface area contributed by atoms with E-state index in [1.807, 2.05) is 25.2 Å². The smallest absolute Gasteiger partial charge is 0.114 e. The molecule has 0 bridgehead atoms. The van der Waals surface area contributed by atoms with Crippen molar-refractivity contribution in [2.24, 2.45) is 12.8 Å². The second-order valence-electron chi connectivity index (χ2n) is 3.98. The van der Waals surface area contributed by atoms with Crippen LogP contribution in [0.2, 0.25) is 5.02 Å². The molecule has 2 aromatic rings. The molecule has 0 amide bonds. The average Bonchev–Trinajstić information content (AvgIpc) is 2.60. The minimum absolute atomic E-state index is 0.300. The van der Waals surface area contributed by atoms with Crippen molar-refractivity contribution in [3.8, 4) is 0 Å². The Kier molecular flexibility index (Phi) is 3.17. The van der Waals surface area contributed by atoms with Crippen molar-refractivity contribution in [2.75, 3.05) is 6.54 Å². The SMILES string of the molecule is CCC(CN)c1nc2cccc(Cl)c2n1C. The topological polar surface area (TPSA) is 43.8 Å². The van der Waals surface area contributed by atoms with Crippen LogP contribution in [0.25, 0.3) is 11.0 Å². The summed E-state index contributed by atoms with van der Waals surface area (Å²) < 4.78 is 2.05. The van der Waals surface area contributed by atoms with Crippen molar-refractivity contribution in [3.05, 3.63) is 29.0 Å². The monoisotopic (exact) mass is 237 g/mol. The van der Waals surface area contributed by atoms with Gasteiger partial charge in [-0.25, -0.2) is 4.98 Å². The van der Waals surface area contributed by atoms with E-state index in [4.69, 9.17) is 17.3 Å². The number of nitrogens with zero attached hydrogens (tertiary/aromatic N) is 2. The number of para-hydroxylation sites is 1. The highest BCUT2D eigenvalue weighted by molar-refractivity contribution is 6.35. The molecule has 86 valence electrons. The molecule has 1 aromatic heterocycles. The standard InChI is InChI=1S/C12H16ClN3/c1-3-8(7-14)12-15-10-6-4-5-9(13)11(10)16(12)2/h4-6,8H,3,7,14H2,1-2H3. The number of aryl methyl sites for hydroxylation is 1.